The van der Waals surface area contributed by atoms with Gasteiger partial charge in [-0.3, -0.25) is 0 Å². The van der Waals surface area contributed by atoms with Gasteiger partial charge in [0.15, 0.2) is 6.10 Å². The largest absolute Gasteiger partial charge is 0.492 e. The highest BCUT2D eigenvalue weighted by atomic mass is 19.4. The van der Waals surface area contributed by atoms with E-state index in [0.717, 1.165) is 4.90 Å². The lowest BCUT2D eigenvalue weighted by atomic mass is 10.1. The van der Waals surface area contributed by atoms with Crippen LogP contribution in [0.4, 0.5) is 35.5 Å². The number of benzene rings is 1. The molecule has 38 heavy (non-hydrogen) atoms. The summed E-state index contributed by atoms with van der Waals surface area (Å²) in [6, 6.07) is 6.18. The van der Waals surface area contributed by atoms with Crippen LogP contribution >= 0.6 is 0 Å². The van der Waals surface area contributed by atoms with Crippen molar-refractivity contribution in [1.29, 1.82) is 0 Å². The molecule has 0 aliphatic rings. The maximum Gasteiger partial charge on any atom is 0.462 e. The minimum absolute atomic E-state index is 0.0314. The fourth-order valence-electron chi connectivity index (χ4n) is 2.86. The van der Waals surface area contributed by atoms with Crippen molar-refractivity contribution in [2.75, 3.05) is 39.5 Å². The number of rotatable bonds is 17. The summed E-state index contributed by atoms with van der Waals surface area (Å²) in [4.78, 5) is 24.2. The Labute approximate surface area is 214 Å². The number of amides is 1. The number of nitrogens with zero attached hydrogens (tertiary/aromatic N) is 1. The van der Waals surface area contributed by atoms with E-state index in [4.69, 9.17) is 19.3 Å². The zero-order valence-electron chi connectivity index (χ0n) is 20.7. The first-order valence-electron chi connectivity index (χ1n) is 11.6. The van der Waals surface area contributed by atoms with Crippen LogP contribution in [0.15, 0.2) is 24.3 Å². The van der Waals surface area contributed by atoms with E-state index in [2.05, 4.69) is 4.74 Å². The fraction of sp³-hybridized carbons (Fsp3) is 0.652. The second-order valence-electron chi connectivity index (χ2n) is 7.87. The Hall–Kier alpha value is -2.81. The number of carboxylic acids is 1. The molecule has 0 aliphatic heterocycles. The third-order valence-electron chi connectivity index (χ3n) is 4.97. The second kappa shape index (κ2) is 15.0. The lowest BCUT2D eigenvalue weighted by Crippen LogP contribution is -2.54. The number of aliphatic carboxylic acids is 1. The van der Waals surface area contributed by atoms with E-state index >= 15 is 0 Å². The Morgan fingerprint density at radius 1 is 0.947 bits per heavy atom. The number of ether oxygens (including phenoxy) is 4. The van der Waals surface area contributed by atoms with Crippen molar-refractivity contribution < 1.29 is 64.4 Å². The zero-order valence-corrected chi connectivity index (χ0v) is 20.7. The first kappa shape index (κ1) is 33.2. The standard InChI is InChI=1S/C23H30F7NO7/c1-3-5-12-37-20(34)31(11-14-38-23(29,30)21(24,25)22(26,27)28)10-13-36-17-8-6-16(7-9-17)15-18(19(32)33)35-4-2/h6-9,18H,3-5,10-15H2,1-2H3,(H,32,33). The molecule has 0 fully saturated rings. The highest BCUT2D eigenvalue weighted by molar-refractivity contribution is 5.72. The number of halogens is 7. The Balaban J connectivity index is 2.73. The summed E-state index contributed by atoms with van der Waals surface area (Å²) in [7, 11) is 0. The SMILES string of the molecule is CCCCOC(=O)N(CCOc1ccc(CC(OCC)C(=O)O)cc1)CCOC(F)(F)C(F)(F)C(F)(F)F. The van der Waals surface area contributed by atoms with Crippen LogP contribution in [0.1, 0.15) is 32.3 Å². The van der Waals surface area contributed by atoms with Crippen molar-refractivity contribution >= 4 is 12.1 Å². The number of carboxylic acid groups (broad SMARTS) is 1. The van der Waals surface area contributed by atoms with Crippen LogP contribution < -0.4 is 4.74 Å². The summed E-state index contributed by atoms with van der Waals surface area (Å²) in [6.45, 7) is 0.979. The third-order valence-corrected chi connectivity index (χ3v) is 4.97. The van der Waals surface area contributed by atoms with Gasteiger partial charge in [-0.05, 0) is 31.0 Å². The molecule has 0 aliphatic carbocycles. The van der Waals surface area contributed by atoms with E-state index in [1.807, 2.05) is 0 Å². The number of carbonyl (C=O) groups is 2. The molecule has 1 aromatic rings. The predicted molar refractivity (Wildman–Crippen MR) is 118 cm³/mol. The molecule has 0 radical (unpaired) electrons. The second-order valence-corrected chi connectivity index (χ2v) is 7.87. The van der Waals surface area contributed by atoms with Crippen molar-refractivity contribution in [1.82, 2.24) is 4.90 Å². The summed E-state index contributed by atoms with van der Waals surface area (Å²) in [5.74, 6) is -7.26. The van der Waals surface area contributed by atoms with Gasteiger partial charge in [0.05, 0.1) is 19.8 Å². The summed E-state index contributed by atoms with van der Waals surface area (Å²) >= 11 is 0. The maximum absolute atomic E-state index is 13.4. The average Bonchev–Trinajstić information content (AvgIpc) is 2.83. The molecule has 1 amide bonds. The lowest BCUT2D eigenvalue weighted by molar-refractivity contribution is -0.423. The molecule has 1 unspecified atom stereocenters. The smallest absolute Gasteiger partial charge is 0.462 e. The molecular weight excluding hydrogens is 535 g/mol. The number of hydrogen-bond donors (Lipinski definition) is 1. The van der Waals surface area contributed by atoms with Crippen LogP contribution in [0.3, 0.4) is 0 Å². The summed E-state index contributed by atoms with van der Waals surface area (Å²) in [5.41, 5.74) is 0.632. The number of unbranched alkanes of at least 4 members (excludes halogenated alkanes) is 1. The van der Waals surface area contributed by atoms with Crippen LogP contribution in [0.2, 0.25) is 0 Å². The Bertz CT molecular complexity index is 867. The monoisotopic (exact) mass is 565 g/mol. The van der Waals surface area contributed by atoms with Gasteiger partial charge in [-0.1, -0.05) is 25.5 Å². The Kier molecular flexibility index (Phi) is 13.1. The molecule has 1 aromatic carbocycles. The molecule has 15 heteroatoms. The summed E-state index contributed by atoms with van der Waals surface area (Å²) in [5, 5.41) is 9.15. The van der Waals surface area contributed by atoms with Gasteiger partial charge in [0.1, 0.15) is 12.4 Å². The molecular formula is C23H30F7NO7. The molecule has 0 spiro atoms. The molecule has 0 heterocycles. The van der Waals surface area contributed by atoms with Gasteiger partial charge in [0, 0.05) is 19.6 Å². The first-order valence-corrected chi connectivity index (χ1v) is 11.6. The lowest BCUT2D eigenvalue weighted by Gasteiger charge is -2.28. The summed E-state index contributed by atoms with van der Waals surface area (Å²) < 4.78 is 109. The van der Waals surface area contributed by atoms with E-state index in [-0.39, 0.29) is 32.8 Å². The molecule has 1 atom stereocenters. The quantitative estimate of drug-likeness (QED) is 0.206. The predicted octanol–water partition coefficient (Wildman–Crippen LogP) is 5.14. The Morgan fingerprint density at radius 2 is 1.55 bits per heavy atom. The van der Waals surface area contributed by atoms with Crippen LogP contribution in [0.5, 0.6) is 5.75 Å². The third kappa shape index (κ3) is 10.2. The minimum Gasteiger partial charge on any atom is -0.492 e. The van der Waals surface area contributed by atoms with Gasteiger partial charge < -0.3 is 29.0 Å². The van der Waals surface area contributed by atoms with E-state index in [9.17, 15) is 40.3 Å². The van der Waals surface area contributed by atoms with E-state index in [1.165, 1.54) is 12.1 Å². The zero-order chi connectivity index (χ0) is 29.0. The molecule has 0 bridgehead atoms. The van der Waals surface area contributed by atoms with Crippen molar-refractivity contribution in [3.63, 3.8) is 0 Å². The van der Waals surface area contributed by atoms with Gasteiger partial charge >= 0.3 is 30.3 Å². The van der Waals surface area contributed by atoms with Crippen LogP contribution in [-0.4, -0.2) is 85.9 Å². The molecule has 0 aromatic heterocycles. The molecule has 0 saturated heterocycles. The number of alkyl halides is 7. The van der Waals surface area contributed by atoms with Gasteiger partial charge in [-0.2, -0.15) is 30.7 Å². The van der Waals surface area contributed by atoms with Crippen molar-refractivity contribution in [3.05, 3.63) is 29.8 Å². The minimum atomic E-state index is -6.55. The topological polar surface area (TPSA) is 94.5 Å². The van der Waals surface area contributed by atoms with Crippen molar-refractivity contribution in [3.8, 4) is 5.75 Å². The van der Waals surface area contributed by atoms with Crippen molar-refractivity contribution in [2.24, 2.45) is 0 Å². The van der Waals surface area contributed by atoms with Crippen LogP contribution in [-0.2, 0) is 25.4 Å². The van der Waals surface area contributed by atoms with E-state index < -0.39 is 49.5 Å². The summed E-state index contributed by atoms with van der Waals surface area (Å²) in [6.07, 6.45) is -13.2. The Morgan fingerprint density at radius 3 is 2.08 bits per heavy atom. The first-order chi connectivity index (χ1) is 17.7. The molecule has 218 valence electrons. The van der Waals surface area contributed by atoms with Crippen molar-refractivity contribution in [2.45, 2.75) is 57.4 Å². The van der Waals surface area contributed by atoms with Gasteiger partial charge in [-0.15, -0.1) is 0 Å². The van der Waals surface area contributed by atoms with Crippen LogP contribution in [0.25, 0.3) is 0 Å². The number of carbonyl (C=O) groups excluding carboxylic acids is 1. The average molecular weight is 565 g/mol. The van der Waals surface area contributed by atoms with Gasteiger partial charge in [-0.25, -0.2) is 9.59 Å². The molecule has 0 saturated carbocycles. The maximum atomic E-state index is 13.4. The normalized spacial score (nSPS) is 13.2. The fourth-order valence-corrected chi connectivity index (χ4v) is 2.86. The van der Waals surface area contributed by atoms with Crippen LogP contribution in [0, 0.1) is 0 Å². The van der Waals surface area contributed by atoms with E-state index in [0.29, 0.717) is 24.2 Å². The van der Waals surface area contributed by atoms with Gasteiger partial charge in [0.25, 0.3) is 0 Å². The highest BCUT2D eigenvalue weighted by Crippen LogP contribution is 2.46. The number of hydrogen-bond acceptors (Lipinski definition) is 6. The molecule has 1 rings (SSSR count). The molecule has 1 N–H and O–H groups in total. The van der Waals surface area contributed by atoms with Gasteiger partial charge in [0.2, 0.25) is 0 Å². The highest BCUT2D eigenvalue weighted by Gasteiger charge is 2.74. The van der Waals surface area contributed by atoms with E-state index in [1.54, 1.807) is 26.0 Å². The molecule has 8 nitrogen and oxygen atoms in total.